The van der Waals surface area contributed by atoms with E-state index in [1.54, 1.807) is 30.3 Å². The lowest BCUT2D eigenvalue weighted by Crippen LogP contribution is -2.52. The van der Waals surface area contributed by atoms with Gasteiger partial charge in [-0.15, -0.1) is 0 Å². The topological polar surface area (TPSA) is 186 Å². The van der Waals surface area contributed by atoms with Gasteiger partial charge >= 0.3 is 6.03 Å². The van der Waals surface area contributed by atoms with Crippen LogP contribution in [-0.2, 0) is 16.9 Å². The first-order valence-corrected chi connectivity index (χ1v) is 11.1. The molecule has 0 spiro atoms. The highest BCUT2D eigenvalue weighted by Gasteiger charge is 2.53. The van der Waals surface area contributed by atoms with Crippen molar-refractivity contribution in [1.29, 1.82) is 0 Å². The van der Waals surface area contributed by atoms with Crippen LogP contribution in [0.25, 0.3) is 22.4 Å². The van der Waals surface area contributed by atoms with Gasteiger partial charge in [0, 0.05) is 35.3 Å². The number of nitrogen functional groups attached to an aromatic ring is 1. The molecule has 6 rings (SSSR count). The van der Waals surface area contributed by atoms with Crippen LogP contribution in [0, 0.1) is 0 Å². The highest BCUT2D eigenvalue weighted by Crippen LogP contribution is 2.35. The number of hydrogen-bond donors (Lipinski definition) is 4. The van der Waals surface area contributed by atoms with Crippen LogP contribution < -0.4 is 21.1 Å². The third-order valence-corrected chi connectivity index (χ3v) is 6.38. The van der Waals surface area contributed by atoms with E-state index in [4.69, 9.17) is 14.9 Å². The highest BCUT2D eigenvalue weighted by molar-refractivity contribution is 6.08. The Morgan fingerprint density at radius 1 is 1.19 bits per heavy atom. The minimum absolute atomic E-state index is 0.0990. The van der Waals surface area contributed by atoms with Gasteiger partial charge in [0.2, 0.25) is 17.5 Å². The number of amides is 4. The number of hydrogen-bond acceptors (Lipinski definition) is 10. The predicted octanol–water partition coefficient (Wildman–Crippen LogP) is 1.27. The summed E-state index contributed by atoms with van der Waals surface area (Å²) in [5.41, 5.74) is 6.22. The van der Waals surface area contributed by atoms with Gasteiger partial charge in [-0.2, -0.15) is 4.98 Å². The average molecular weight is 501 g/mol. The molecule has 1 atom stereocenters. The van der Waals surface area contributed by atoms with E-state index in [9.17, 15) is 19.5 Å². The van der Waals surface area contributed by atoms with Crippen LogP contribution in [0.5, 0.6) is 11.6 Å². The van der Waals surface area contributed by atoms with Gasteiger partial charge in [0.1, 0.15) is 11.5 Å². The summed E-state index contributed by atoms with van der Waals surface area (Å²) >= 11 is 0. The Bertz CT molecular complexity index is 1610. The van der Waals surface area contributed by atoms with Crippen molar-refractivity contribution in [2.24, 2.45) is 0 Å². The molecule has 0 radical (unpaired) electrons. The molecular formula is C24H19N7O6. The normalized spacial score (nSPS) is 18.7. The molecule has 186 valence electrons. The number of urea groups is 1. The molecule has 1 saturated heterocycles. The Labute approximate surface area is 208 Å². The Morgan fingerprint density at radius 3 is 2.76 bits per heavy atom. The number of anilines is 1. The predicted molar refractivity (Wildman–Crippen MR) is 127 cm³/mol. The number of fused-ring (bicyclic) bond motifs is 2. The molecule has 37 heavy (non-hydrogen) atoms. The maximum Gasteiger partial charge on any atom is 0.322 e. The van der Waals surface area contributed by atoms with E-state index in [1.807, 2.05) is 0 Å². The first-order chi connectivity index (χ1) is 17.8. The van der Waals surface area contributed by atoms with Crippen molar-refractivity contribution in [2.75, 3.05) is 19.4 Å². The number of furan rings is 1. The van der Waals surface area contributed by atoms with Gasteiger partial charge in [0.25, 0.3) is 11.8 Å². The summed E-state index contributed by atoms with van der Waals surface area (Å²) < 4.78 is 11.1. The van der Waals surface area contributed by atoms with Crippen molar-refractivity contribution < 1.29 is 28.6 Å². The van der Waals surface area contributed by atoms with E-state index < -0.39 is 17.5 Å². The van der Waals surface area contributed by atoms with Crippen molar-refractivity contribution >= 4 is 34.9 Å². The van der Waals surface area contributed by atoms with E-state index in [0.29, 0.717) is 28.0 Å². The third-order valence-electron chi connectivity index (χ3n) is 6.38. The lowest BCUT2D eigenvalue weighted by molar-refractivity contribution is -0.125. The number of benzene rings is 1. The zero-order valence-electron chi connectivity index (χ0n) is 19.3. The number of rotatable bonds is 5. The minimum atomic E-state index is -1.68. The van der Waals surface area contributed by atoms with Crippen LogP contribution in [0.15, 0.2) is 47.0 Å². The zero-order valence-corrected chi connectivity index (χ0v) is 19.3. The first-order valence-electron chi connectivity index (χ1n) is 11.1. The molecule has 4 aromatic rings. The van der Waals surface area contributed by atoms with Crippen molar-refractivity contribution in [3.63, 3.8) is 0 Å². The van der Waals surface area contributed by atoms with E-state index in [2.05, 4.69) is 25.6 Å². The molecule has 0 saturated carbocycles. The molecule has 5 N–H and O–H groups in total. The number of nitrogens with one attached hydrogen (secondary N) is 2. The van der Waals surface area contributed by atoms with E-state index in [1.165, 1.54) is 24.3 Å². The Kier molecular flexibility index (Phi) is 4.76. The van der Waals surface area contributed by atoms with Crippen LogP contribution in [-0.4, -0.2) is 56.5 Å². The monoisotopic (exact) mass is 501 g/mol. The summed E-state index contributed by atoms with van der Waals surface area (Å²) in [6.07, 6.45) is 1.46. The summed E-state index contributed by atoms with van der Waals surface area (Å²) in [5, 5.41) is 15.1. The standard InChI is InChI=1S/C24H19N7O6/c1-36-14-3-2-11-9-31(20(33)15(11)6-14)10-24(21(34)29-23(35)30-24)17-5-12-4-13(8-26-19(12)37-17)16-7-18(32)28-22(25)27-16/h2-8H,9-10H2,1H3,(H3,25,27,28,32)(H2,29,30,34,35)/t24-/m0/s1. The number of aromatic nitrogens is 3. The Morgan fingerprint density at radius 2 is 2.03 bits per heavy atom. The van der Waals surface area contributed by atoms with Gasteiger partial charge in [0.15, 0.2) is 5.54 Å². The van der Waals surface area contributed by atoms with Gasteiger partial charge in [-0.1, -0.05) is 6.07 Å². The Hall–Kier alpha value is -5.20. The number of pyridine rings is 1. The van der Waals surface area contributed by atoms with E-state index in [0.717, 1.165) is 5.56 Å². The van der Waals surface area contributed by atoms with Gasteiger partial charge < -0.3 is 30.2 Å². The molecule has 0 unspecified atom stereocenters. The lowest BCUT2D eigenvalue weighted by atomic mass is 9.95. The van der Waals surface area contributed by atoms with E-state index in [-0.39, 0.29) is 42.3 Å². The molecule has 1 fully saturated rings. The number of ether oxygens (including phenoxy) is 1. The van der Waals surface area contributed by atoms with Gasteiger partial charge in [-0.3, -0.25) is 14.9 Å². The maximum absolute atomic E-state index is 13.2. The summed E-state index contributed by atoms with van der Waals surface area (Å²) in [6.45, 7) is 0.0632. The minimum Gasteiger partial charge on any atom is -0.497 e. The molecule has 5 heterocycles. The van der Waals surface area contributed by atoms with Gasteiger partial charge in [0.05, 0.1) is 19.3 Å². The number of carbonyl (C=O) groups excluding carboxylic acids is 3. The van der Waals surface area contributed by atoms with Crippen LogP contribution in [0.4, 0.5) is 10.7 Å². The summed E-state index contributed by atoms with van der Waals surface area (Å²) in [4.78, 5) is 52.1. The average Bonchev–Trinajstić information content (AvgIpc) is 3.51. The Balaban J connectivity index is 1.39. The van der Waals surface area contributed by atoms with Gasteiger partial charge in [-0.25, -0.2) is 14.8 Å². The number of methoxy groups -OCH3 is 1. The number of carbonyl (C=O) groups is 3. The summed E-state index contributed by atoms with van der Waals surface area (Å²) in [6, 6.07) is 9.05. The SMILES string of the molecule is COc1ccc2c(c1)C(=O)N(C[C@@]1(c3cc4cc(-c5cc(O)nc(N)n5)cnc4o3)NC(=O)NC1=O)C2. The van der Waals surface area contributed by atoms with Crippen molar-refractivity contribution in [3.05, 3.63) is 59.5 Å². The van der Waals surface area contributed by atoms with E-state index >= 15 is 0 Å². The quantitative estimate of drug-likeness (QED) is 0.290. The van der Waals surface area contributed by atoms with Crippen molar-refractivity contribution in [2.45, 2.75) is 12.1 Å². The molecule has 1 aromatic carbocycles. The fourth-order valence-electron chi connectivity index (χ4n) is 4.62. The fraction of sp³-hybridized carbons (Fsp3) is 0.167. The molecule has 2 aliphatic heterocycles. The molecule has 0 aliphatic carbocycles. The summed E-state index contributed by atoms with van der Waals surface area (Å²) in [7, 11) is 1.51. The molecule has 0 bridgehead atoms. The first kappa shape index (κ1) is 22.3. The van der Waals surface area contributed by atoms with Crippen molar-refractivity contribution in [1.82, 2.24) is 30.5 Å². The van der Waals surface area contributed by atoms with Crippen LogP contribution in [0.1, 0.15) is 21.7 Å². The molecule has 13 heteroatoms. The molecular weight excluding hydrogens is 482 g/mol. The number of nitrogens with zero attached hydrogens (tertiary/aromatic N) is 4. The number of imide groups is 1. The second-order valence-corrected chi connectivity index (χ2v) is 8.70. The molecule has 13 nitrogen and oxygen atoms in total. The number of nitrogens with two attached hydrogens (primary N) is 1. The van der Waals surface area contributed by atoms with Crippen LogP contribution in [0.3, 0.4) is 0 Å². The van der Waals surface area contributed by atoms with Gasteiger partial charge in [-0.05, 0) is 29.8 Å². The third kappa shape index (κ3) is 3.55. The zero-order chi connectivity index (χ0) is 25.9. The molecule has 3 aromatic heterocycles. The lowest BCUT2D eigenvalue weighted by Gasteiger charge is -2.28. The van der Waals surface area contributed by atoms with Crippen LogP contribution >= 0.6 is 0 Å². The molecule has 2 aliphatic rings. The smallest absolute Gasteiger partial charge is 0.322 e. The van der Waals surface area contributed by atoms with Crippen LogP contribution in [0.2, 0.25) is 0 Å². The largest absolute Gasteiger partial charge is 0.497 e. The highest BCUT2D eigenvalue weighted by atomic mass is 16.5. The molecule has 4 amide bonds. The second kappa shape index (κ2) is 7.91. The van der Waals surface area contributed by atoms with Crippen molar-refractivity contribution in [3.8, 4) is 22.9 Å². The second-order valence-electron chi connectivity index (χ2n) is 8.70. The maximum atomic E-state index is 13.2. The summed E-state index contributed by atoms with van der Waals surface area (Å²) in [5.74, 6) is -0.739. The fourth-order valence-corrected chi connectivity index (χ4v) is 4.62. The number of aromatic hydroxyl groups is 1.